The third kappa shape index (κ3) is 5.48. The number of aryl methyl sites for hydroxylation is 1. The zero-order valence-electron chi connectivity index (χ0n) is 19.6. The fourth-order valence-electron chi connectivity index (χ4n) is 3.77. The summed E-state index contributed by atoms with van der Waals surface area (Å²) in [6, 6.07) is 21.7. The van der Waals surface area contributed by atoms with Gasteiger partial charge in [0.05, 0.1) is 11.9 Å². The van der Waals surface area contributed by atoms with Crippen molar-refractivity contribution in [3.8, 4) is 11.3 Å². The number of rotatable bonds is 8. The van der Waals surface area contributed by atoms with E-state index in [0.717, 1.165) is 44.3 Å². The molecule has 180 valence electrons. The largest absolute Gasteiger partial charge is 0.366 e. The normalized spacial score (nSPS) is 11.3. The summed E-state index contributed by atoms with van der Waals surface area (Å²) in [6.45, 7) is 3.07. The first-order chi connectivity index (χ1) is 17.6. The number of hydrogen-bond acceptors (Lipinski definition) is 5. The molecule has 0 unspecified atom stereocenters. The first kappa shape index (κ1) is 23.8. The molecule has 0 spiro atoms. The van der Waals surface area contributed by atoms with Crippen LogP contribution < -0.4 is 10.6 Å². The summed E-state index contributed by atoms with van der Waals surface area (Å²) in [5.41, 5.74) is 5.58. The van der Waals surface area contributed by atoms with E-state index in [9.17, 15) is 4.79 Å². The second kappa shape index (κ2) is 10.8. The average molecular weight is 514 g/mol. The zero-order valence-corrected chi connectivity index (χ0v) is 21.2. The molecule has 0 bridgehead atoms. The highest BCUT2D eigenvalue weighted by Crippen LogP contribution is 2.29. The number of carbonyl (C=O) groups excluding carboxylic acids is 1. The maximum Gasteiger partial charge on any atom is 0.244 e. The Morgan fingerprint density at radius 1 is 1.06 bits per heavy atom. The number of aromatic nitrogens is 3. The monoisotopic (exact) mass is 513 g/mol. The van der Waals surface area contributed by atoms with Gasteiger partial charge in [-0.05, 0) is 41.6 Å². The molecule has 6 nitrogen and oxygen atoms in total. The van der Waals surface area contributed by atoms with E-state index in [2.05, 4.69) is 27.9 Å². The Hall–Kier alpha value is -3.94. The van der Waals surface area contributed by atoms with Crippen molar-refractivity contribution in [1.82, 2.24) is 19.9 Å². The number of halogens is 1. The zero-order chi connectivity index (χ0) is 24.9. The van der Waals surface area contributed by atoms with Crippen molar-refractivity contribution in [2.24, 2.45) is 0 Å². The van der Waals surface area contributed by atoms with E-state index < -0.39 is 0 Å². The van der Waals surface area contributed by atoms with Gasteiger partial charge in [0.25, 0.3) is 0 Å². The minimum Gasteiger partial charge on any atom is -0.366 e. The van der Waals surface area contributed by atoms with Crippen LogP contribution in [0.1, 0.15) is 21.6 Å². The average Bonchev–Trinajstić information content (AvgIpc) is 3.56. The molecule has 0 aliphatic heterocycles. The molecule has 3 heterocycles. The van der Waals surface area contributed by atoms with Gasteiger partial charge in [0.15, 0.2) is 5.65 Å². The topological polar surface area (TPSA) is 71.3 Å². The van der Waals surface area contributed by atoms with E-state index in [4.69, 9.17) is 16.6 Å². The lowest BCUT2D eigenvalue weighted by atomic mass is 10.1. The molecule has 0 aliphatic carbocycles. The van der Waals surface area contributed by atoms with Gasteiger partial charge in [-0.3, -0.25) is 4.79 Å². The molecule has 0 radical (unpaired) electrons. The molecule has 5 aromatic rings. The van der Waals surface area contributed by atoms with Crippen molar-refractivity contribution in [3.05, 3.63) is 111 Å². The summed E-state index contributed by atoms with van der Waals surface area (Å²) in [5, 5.41) is 13.5. The number of carbonyl (C=O) groups is 1. The summed E-state index contributed by atoms with van der Waals surface area (Å²) >= 11 is 8.04. The molecule has 2 N–H and O–H groups in total. The molecule has 0 aliphatic rings. The van der Waals surface area contributed by atoms with Crippen molar-refractivity contribution < 1.29 is 4.79 Å². The number of nitrogens with zero attached hydrogens (tertiary/aromatic N) is 3. The number of amides is 1. The first-order valence-corrected chi connectivity index (χ1v) is 12.7. The molecule has 0 saturated heterocycles. The summed E-state index contributed by atoms with van der Waals surface area (Å²) in [6.07, 6.45) is 5.19. The van der Waals surface area contributed by atoms with Gasteiger partial charge in [0.1, 0.15) is 5.82 Å². The Labute approximate surface area is 218 Å². The minimum atomic E-state index is -0.111. The standard InChI is InChI=1S/C28H24ClN5OS/c1-19-16-32-34-26(15-25(33-28(19)34)23-6-2-3-7-24(23)29)30-17-20-8-10-21(11-9-20)18-31-27(35)13-12-22-5-4-14-36-22/h2-16,30H,17-18H2,1H3,(H,31,35)/b13-12+. The Bertz CT molecular complexity index is 1520. The maximum absolute atomic E-state index is 12.1. The lowest BCUT2D eigenvalue weighted by Gasteiger charge is -2.12. The van der Waals surface area contributed by atoms with Crippen molar-refractivity contribution in [3.63, 3.8) is 0 Å². The van der Waals surface area contributed by atoms with E-state index in [0.29, 0.717) is 18.1 Å². The molecular formula is C28H24ClN5OS. The van der Waals surface area contributed by atoms with E-state index in [-0.39, 0.29) is 5.91 Å². The Morgan fingerprint density at radius 3 is 2.58 bits per heavy atom. The predicted octanol–water partition coefficient (Wildman–Crippen LogP) is 6.36. The Balaban J connectivity index is 1.25. The van der Waals surface area contributed by atoms with Crippen molar-refractivity contribution >= 4 is 46.4 Å². The van der Waals surface area contributed by atoms with Crippen LogP contribution in [0.25, 0.3) is 23.0 Å². The quantitative estimate of drug-likeness (QED) is 0.237. The summed E-state index contributed by atoms with van der Waals surface area (Å²) < 4.78 is 1.81. The highest BCUT2D eigenvalue weighted by Gasteiger charge is 2.12. The maximum atomic E-state index is 12.1. The van der Waals surface area contributed by atoms with Crippen LogP contribution in [0, 0.1) is 6.92 Å². The summed E-state index contributed by atoms with van der Waals surface area (Å²) in [4.78, 5) is 17.9. The molecule has 1 amide bonds. The lowest BCUT2D eigenvalue weighted by Crippen LogP contribution is -2.20. The highest BCUT2D eigenvalue weighted by molar-refractivity contribution is 7.10. The Kier molecular flexibility index (Phi) is 7.11. The van der Waals surface area contributed by atoms with Gasteiger partial charge in [-0.1, -0.05) is 60.1 Å². The third-order valence-corrected chi connectivity index (χ3v) is 6.87. The molecule has 2 aromatic carbocycles. The molecule has 36 heavy (non-hydrogen) atoms. The number of nitrogens with one attached hydrogen (secondary N) is 2. The van der Waals surface area contributed by atoms with Crippen LogP contribution in [-0.2, 0) is 17.9 Å². The molecule has 0 fully saturated rings. The smallest absolute Gasteiger partial charge is 0.244 e. The predicted molar refractivity (Wildman–Crippen MR) is 147 cm³/mol. The molecule has 0 saturated carbocycles. The summed E-state index contributed by atoms with van der Waals surface area (Å²) in [5.74, 6) is 0.719. The fraction of sp³-hybridized carbons (Fsp3) is 0.107. The fourth-order valence-corrected chi connectivity index (χ4v) is 4.62. The van der Waals surface area contributed by atoms with Crippen LogP contribution >= 0.6 is 22.9 Å². The lowest BCUT2D eigenvalue weighted by molar-refractivity contribution is -0.116. The Morgan fingerprint density at radius 2 is 1.83 bits per heavy atom. The number of thiophene rings is 1. The van der Waals surface area contributed by atoms with Gasteiger partial charge in [-0.2, -0.15) is 9.61 Å². The first-order valence-electron chi connectivity index (χ1n) is 11.5. The second-order valence-electron chi connectivity index (χ2n) is 8.31. The van der Waals surface area contributed by atoms with E-state index in [1.165, 1.54) is 0 Å². The molecule has 8 heteroatoms. The van der Waals surface area contributed by atoms with Crippen LogP contribution in [0.5, 0.6) is 0 Å². The van der Waals surface area contributed by atoms with E-state index >= 15 is 0 Å². The molecule has 5 rings (SSSR count). The molecule has 3 aromatic heterocycles. The molecule has 0 atom stereocenters. The second-order valence-corrected chi connectivity index (χ2v) is 9.69. The SMILES string of the molecule is Cc1cnn2c(NCc3ccc(CNC(=O)/C=C/c4cccs4)cc3)cc(-c3ccccc3Cl)nc12. The van der Waals surface area contributed by atoms with Gasteiger partial charge < -0.3 is 10.6 Å². The van der Waals surface area contributed by atoms with Gasteiger partial charge in [0, 0.05) is 46.3 Å². The van der Waals surface area contributed by atoms with Gasteiger partial charge in [-0.25, -0.2) is 4.98 Å². The van der Waals surface area contributed by atoms with Gasteiger partial charge in [0.2, 0.25) is 5.91 Å². The number of fused-ring (bicyclic) bond motifs is 1. The van der Waals surface area contributed by atoms with E-state index in [1.54, 1.807) is 17.4 Å². The van der Waals surface area contributed by atoms with Gasteiger partial charge >= 0.3 is 0 Å². The number of anilines is 1. The van der Waals surface area contributed by atoms with E-state index in [1.807, 2.05) is 83.7 Å². The molecular weight excluding hydrogens is 490 g/mol. The highest BCUT2D eigenvalue weighted by atomic mass is 35.5. The van der Waals surface area contributed by atoms with Crippen molar-refractivity contribution in [1.29, 1.82) is 0 Å². The van der Waals surface area contributed by atoms with Gasteiger partial charge in [-0.15, -0.1) is 11.3 Å². The van der Waals surface area contributed by atoms with Crippen LogP contribution in [0.4, 0.5) is 5.82 Å². The van der Waals surface area contributed by atoms with Crippen LogP contribution in [0.15, 0.2) is 84.4 Å². The number of hydrogen-bond donors (Lipinski definition) is 2. The number of benzene rings is 2. The minimum absolute atomic E-state index is 0.111. The van der Waals surface area contributed by atoms with Crippen molar-refractivity contribution in [2.75, 3.05) is 5.32 Å². The van der Waals surface area contributed by atoms with Crippen molar-refractivity contribution in [2.45, 2.75) is 20.0 Å². The van der Waals surface area contributed by atoms with Crippen LogP contribution in [0.3, 0.4) is 0 Å². The van der Waals surface area contributed by atoms with Crippen LogP contribution in [0.2, 0.25) is 5.02 Å². The third-order valence-electron chi connectivity index (χ3n) is 5.70. The van der Waals surface area contributed by atoms with Crippen LogP contribution in [-0.4, -0.2) is 20.5 Å². The summed E-state index contributed by atoms with van der Waals surface area (Å²) in [7, 11) is 0.